The van der Waals surface area contributed by atoms with Crippen LogP contribution in [0.2, 0.25) is 0 Å². The Hall–Kier alpha value is -2.56. The van der Waals surface area contributed by atoms with Gasteiger partial charge in [0.15, 0.2) is 11.8 Å². The molecule has 0 amide bonds. The Morgan fingerprint density at radius 2 is 1.97 bits per heavy atom. The summed E-state index contributed by atoms with van der Waals surface area (Å²) in [5.41, 5.74) is 0.916. The molecule has 0 aliphatic rings. The second kappa shape index (κ2) is 12.2. The van der Waals surface area contributed by atoms with Crippen LogP contribution in [0.25, 0.3) is 0 Å². The first-order valence-electron chi connectivity index (χ1n) is 9.72. The number of guanidine groups is 1. The highest BCUT2D eigenvalue weighted by atomic mass is 127. The van der Waals surface area contributed by atoms with Crippen molar-refractivity contribution in [2.45, 2.75) is 39.7 Å². The number of anilines is 1. The second-order valence-corrected chi connectivity index (χ2v) is 6.79. The van der Waals surface area contributed by atoms with Crippen molar-refractivity contribution < 1.29 is 13.7 Å². The van der Waals surface area contributed by atoms with Crippen LogP contribution in [0, 0.1) is 6.92 Å². The second-order valence-electron chi connectivity index (χ2n) is 6.79. The van der Waals surface area contributed by atoms with E-state index in [1.165, 1.54) is 0 Å². The van der Waals surface area contributed by atoms with E-state index in [2.05, 4.69) is 25.8 Å². The van der Waals surface area contributed by atoms with Crippen molar-refractivity contribution in [3.8, 4) is 5.75 Å². The van der Waals surface area contributed by atoms with E-state index in [0.29, 0.717) is 37.2 Å². The molecule has 162 valence electrons. The summed E-state index contributed by atoms with van der Waals surface area (Å²) < 4.78 is 16.2. The molecule has 3 aromatic rings. The maximum Gasteiger partial charge on any atom is 0.228 e. The maximum atomic E-state index is 5.69. The van der Waals surface area contributed by atoms with E-state index in [4.69, 9.17) is 13.7 Å². The van der Waals surface area contributed by atoms with E-state index in [9.17, 15) is 0 Å². The fraction of sp³-hybridized carbons (Fsp3) is 0.381. The molecule has 0 saturated heterocycles. The summed E-state index contributed by atoms with van der Waals surface area (Å²) in [6.45, 7) is 7.02. The third-order valence-corrected chi connectivity index (χ3v) is 3.90. The zero-order chi connectivity index (χ0) is 20.5. The minimum Gasteiger partial charge on any atom is -0.491 e. The number of aryl methyl sites for hydroxylation is 1. The molecule has 0 aliphatic carbocycles. The fourth-order valence-electron chi connectivity index (χ4n) is 2.63. The Morgan fingerprint density at radius 3 is 2.60 bits per heavy atom. The van der Waals surface area contributed by atoms with Crippen LogP contribution < -0.4 is 15.4 Å². The van der Waals surface area contributed by atoms with E-state index < -0.39 is 0 Å². The largest absolute Gasteiger partial charge is 0.491 e. The number of hydrogen-bond acceptors (Lipinski definition) is 6. The fourth-order valence-corrected chi connectivity index (χ4v) is 2.63. The first kappa shape index (κ1) is 23.7. The number of rotatable bonds is 9. The molecule has 0 atom stereocenters. The Labute approximate surface area is 193 Å². The highest BCUT2D eigenvalue weighted by Gasteiger charge is 2.05. The Morgan fingerprint density at radius 1 is 1.17 bits per heavy atom. The predicted octanol–water partition coefficient (Wildman–Crippen LogP) is 4.22. The number of benzene rings is 1. The predicted molar refractivity (Wildman–Crippen MR) is 127 cm³/mol. The van der Waals surface area contributed by atoms with E-state index in [-0.39, 0.29) is 30.1 Å². The summed E-state index contributed by atoms with van der Waals surface area (Å²) in [5.74, 6) is 3.64. The lowest BCUT2D eigenvalue weighted by Gasteiger charge is -2.14. The van der Waals surface area contributed by atoms with Gasteiger partial charge in [0.25, 0.3) is 0 Å². The lowest BCUT2D eigenvalue weighted by Crippen LogP contribution is -2.32. The number of nitrogens with zero attached hydrogens (tertiary/aromatic N) is 3. The summed E-state index contributed by atoms with van der Waals surface area (Å²) in [6.07, 6.45) is 3.16. The summed E-state index contributed by atoms with van der Waals surface area (Å²) in [5, 5.41) is 10.4. The maximum absolute atomic E-state index is 5.69. The van der Waals surface area contributed by atoms with E-state index >= 15 is 0 Å². The molecule has 2 N–H and O–H groups in total. The summed E-state index contributed by atoms with van der Waals surface area (Å²) in [7, 11) is 0. The molecule has 9 heteroatoms. The summed E-state index contributed by atoms with van der Waals surface area (Å²) in [6, 6.07) is 11.6. The minimum absolute atomic E-state index is 0. The van der Waals surface area contributed by atoms with Gasteiger partial charge < -0.3 is 24.3 Å². The van der Waals surface area contributed by atoms with Crippen LogP contribution in [-0.4, -0.2) is 35.3 Å². The Bertz CT molecular complexity index is 892. The van der Waals surface area contributed by atoms with Crippen LogP contribution in [0.1, 0.15) is 31.3 Å². The van der Waals surface area contributed by atoms with Gasteiger partial charge >= 0.3 is 0 Å². The zero-order valence-electron chi connectivity index (χ0n) is 17.4. The van der Waals surface area contributed by atoms with Crippen LogP contribution in [-0.2, 0) is 12.8 Å². The molecular formula is C21H28IN5O3. The molecule has 0 fully saturated rings. The number of nitrogens with one attached hydrogen (secondary N) is 2. The van der Waals surface area contributed by atoms with Gasteiger partial charge in [-0.05, 0) is 57.2 Å². The standard InChI is InChI=1S/C21H27N5O3.HI/c1-15(2)28-19-8-6-17(7-9-19)25-21(22-12-10-18-5-4-14-27-18)23-13-11-20-24-16(3)26-29-20;/h4-9,14-15H,10-13H2,1-3H3,(H2,22,23,25);1H. The first-order valence-corrected chi connectivity index (χ1v) is 9.72. The van der Waals surface area contributed by atoms with Crippen LogP contribution in [0.3, 0.4) is 0 Å². The Kier molecular flexibility index (Phi) is 9.65. The van der Waals surface area contributed by atoms with Crippen molar-refractivity contribution in [3.63, 3.8) is 0 Å². The van der Waals surface area contributed by atoms with Crippen molar-refractivity contribution in [1.29, 1.82) is 0 Å². The lowest BCUT2D eigenvalue weighted by atomic mass is 10.3. The average molecular weight is 525 g/mol. The van der Waals surface area contributed by atoms with E-state index in [1.807, 2.05) is 50.2 Å². The number of furan rings is 1. The van der Waals surface area contributed by atoms with Gasteiger partial charge in [-0.3, -0.25) is 4.99 Å². The lowest BCUT2D eigenvalue weighted by molar-refractivity contribution is 0.242. The van der Waals surface area contributed by atoms with Gasteiger partial charge in [-0.1, -0.05) is 5.16 Å². The molecule has 0 aliphatic heterocycles. The SMILES string of the molecule is Cc1noc(CCN=C(NCCc2ccco2)Nc2ccc(OC(C)C)cc2)n1.I. The van der Waals surface area contributed by atoms with Crippen molar-refractivity contribution in [2.24, 2.45) is 4.99 Å². The van der Waals surface area contributed by atoms with Gasteiger partial charge in [-0.25, -0.2) is 0 Å². The smallest absolute Gasteiger partial charge is 0.228 e. The topological polar surface area (TPSA) is 97.7 Å². The van der Waals surface area contributed by atoms with Gasteiger partial charge in [-0.15, -0.1) is 24.0 Å². The minimum atomic E-state index is 0. The molecule has 0 unspecified atom stereocenters. The molecule has 0 radical (unpaired) electrons. The van der Waals surface area contributed by atoms with Crippen LogP contribution in [0.4, 0.5) is 5.69 Å². The summed E-state index contributed by atoms with van der Waals surface area (Å²) in [4.78, 5) is 8.82. The van der Waals surface area contributed by atoms with Crippen molar-refractivity contribution in [2.75, 3.05) is 18.4 Å². The third kappa shape index (κ3) is 8.05. The van der Waals surface area contributed by atoms with Crippen molar-refractivity contribution >= 4 is 35.6 Å². The van der Waals surface area contributed by atoms with Gasteiger partial charge in [-0.2, -0.15) is 4.98 Å². The zero-order valence-corrected chi connectivity index (χ0v) is 19.8. The molecule has 0 spiro atoms. The van der Waals surface area contributed by atoms with Crippen molar-refractivity contribution in [3.05, 3.63) is 60.1 Å². The van der Waals surface area contributed by atoms with Gasteiger partial charge in [0.05, 0.1) is 18.9 Å². The number of halogens is 1. The molecule has 30 heavy (non-hydrogen) atoms. The number of aliphatic imine (C=N–C) groups is 1. The summed E-state index contributed by atoms with van der Waals surface area (Å²) >= 11 is 0. The normalized spacial score (nSPS) is 11.3. The van der Waals surface area contributed by atoms with Gasteiger partial charge in [0.2, 0.25) is 5.89 Å². The van der Waals surface area contributed by atoms with Crippen molar-refractivity contribution in [1.82, 2.24) is 15.5 Å². The highest BCUT2D eigenvalue weighted by Crippen LogP contribution is 2.16. The number of ether oxygens (including phenoxy) is 1. The highest BCUT2D eigenvalue weighted by molar-refractivity contribution is 14.0. The molecule has 3 rings (SSSR count). The monoisotopic (exact) mass is 525 g/mol. The van der Waals surface area contributed by atoms with E-state index in [0.717, 1.165) is 23.6 Å². The van der Waals surface area contributed by atoms with Crippen LogP contribution in [0.5, 0.6) is 5.75 Å². The quantitative estimate of drug-likeness (QED) is 0.245. The molecule has 2 heterocycles. The van der Waals surface area contributed by atoms with Crippen LogP contribution >= 0.6 is 24.0 Å². The molecule has 1 aromatic carbocycles. The first-order chi connectivity index (χ1) is 14.1. The number of hydrogen-bond donors (Lipinski definition) is 2. The van der Waals surface area contributed by atoms with Gasteiger partial charge in [0, 0.05) is 25.1 Å². The molecule has 2 aromatic heterocycles. The number of aromatic nitrogens is 2. The third-order valence-electron chi connectivity index (χ3n) is 3.90. The molecule has 0 saturated carbocycles. The Balaban J connectivity index is 0.00000320. The molecule has 0 bridgehead atoms. The van der Waals surface area contributed by atoms with Crippen LogP contribution in [0.15, 0.2) is 56.6 Å². The van der Waals surface area contributed by atoms with Gasteiger partial charge in [0.1, 0.15) is 11.5 Å². The molecular weight excluding hydrogens is 497 g/mol. The molecule has 8 nitrogen and oxygen atoms in total. The van der Waals surface area contributed by atoms with E-state index in [1.54, 1.807) is 13.2 Å². The average Bonchev–Trinajstić information content (AvgIpc) is 3.34.